The van der Waals surface area contributed by atoms with Gasteiger partial charge in [-0.15, -0.1) is 6.42 Å². The third-order valence-corrected chi connectivity index (χ3v) is 4.02. The molecule has 2 rings (SSSR count). The van der Waals surface area contributed by atoms with Crippen molar-refractivity contribution in [2.24, 2.45) is 0 Å². The maximum atomic E-state index is 10.2. The Balaban J connectivity index is 1.91. The van der Waals surface area contributed by atoms with Gasteiger partial charge < -0.3 is 19.3 Å². The lowest BCUT2D eigenvalue weighted by molar-refractivity contribution is 0.00955. The first-order valence-corrected chi connectivity index (χ1v) is 8.37. The number of hydrogen-bond donors (Lipinski definition) is 1. The van der Waals surface area contributed by atoms with Crippen molar-refractivity contribution in [1.82, 2.24) is 4.90 Å². The standard InChI is InChI=1S/C19H27NO4/c1-3-10-23-15-17(21)13-20(14-19-5-4-11-24-19)12-16-6-8-18(22-2)9-7-16/h1,6-9,17,19,21H,4-5,10-15H2,2H3. The van der Waals surface area contributed by atoms with Gasteiger partial charge in [-0.25, -0.2) is 0 Å². The highest BCUT2D eigenvalue weighted by Gasteiger charge is 2.21. The van der Waals surface area contributed by atoms with Gasteiger partial charge >= 0.3 is 0 Å². The van der Waals surface area contributed by atoms with Gasteiger partial charge in [0.1, 0.15) is 12.4 Å². The first-order chi connectivity index (χ1) is 11.7. The van der Waals surface area contributed by atoms with Crippen LogP contribution in [0.5, 0.6) is 5.75 Å². The monoisotopic (exact) mass is 333 g/mol. The second kappa shape index (κ2) is 10.3. The summed E-state index contributed by atoms with van der Waals surface area (Å²) in [5.41, 5.74) is 1.17. The van der Waals surface area contributed by atoms with Crippen LogP contribution in [0.4, 0.5) is 0 Å². The summed E-state index contributed by atoms with van der Waals surface area (Å²) in [7, 11) is 1.66. The largest absolute Gasteiger partial charge is 0.497 e. The molecule has 24 heavy (non-hydrogen) atoms. The Bertz CT molecular complexity index is 505. The van der Waals surface area contributed by atoms with E-state index in [1.54, 1.807) is 7.11 Å². The SMILES string of the molecule is C#CCOCC(O)CN(Cc1ccc(OC)cc1)CC1CCCO1. The van der Waals surface area contributed by atoms with E-state index in [1.807, 2.05) is 24.3 Å². The van der Waals surface area contributed by atoms with Crippen LogP contribution < -0.4 is 4.74 Å². The molecule has 0 aliphatic carbocycles. The number of methoxy groups -OCH3 is 1. The fourth-order valence-corrected chi connectivity index (χ4v) is 2.87. The minimum Gasteiger partial charge on any atom is -0.497 e. The zero-order valence-corrected chi connectivity index (χ0v) is 14.3. The van der Waals surface area contributed by atoms with Crippen molar-refractivity contribution >= 4 is 0 Å². The summed E-state index contributed by atoms with van der Waals surface area (Å²) in [6.07, 6.45) is 7.00. The maximum Gasteiger partial charge on any atom is 0.118 e. The van der Waals surface area contributed by atoms with Crippen LogP contribution in [0.15, 0.2) is 24.3 Å². The first kappa shape index (κ1) is 18.8. The van der Waals surface area contributed by atoms with E-state index in [4.69, 9.17) is 20.6 Å². The number of aliphatic hydroxyl groups is 1. The number of nitrogens with zero attached hydrogens (tertiary/aromatic N) is 1. The van der Waals surface area contributed by atoms with Crippen molar-refractivity contribution < 1.29 is 19.3 Å². The molecule has 0 spiro atoms. The first-order valence-electron chi connectivity index (χ1n) is 8.37. The van der Waals surface area contributed by atoms with E-state index >= 15 is 0 Å². The third kappa shape index (κ3) is 6.50. The van der Waals surface area contributed by atoms with E-state index in [0.29, 0.717) is 6.54 Å². The summed E-state index contributed by atoms with van der Waals surface area (Å²) in [4.78, 5) is 2.21. The zero-order valence-electron chi connectivity index (χ0n) is 14.3. The van der Waals surface area contributed by atoms with E-state index in [0.717, 1.165) is 38.3 Å². The van der Waals surface area contributed by atoms with Crippen molar-refractivity contribution in [3.05, 3.63) is 29.8 Å². The highest BCUT2D eigenvalue weighted by molar-refractivity contribution is 5.27. The fourth-order valence-electron chi connectivity index (χ4n) is 2.87. The second-order valence-corrected chi connectivity index (χ2v) is 6.05. The topological polar surface area (TPSA) is 51.2 Å². The number of hydrogen-bond acceptors (Lipinski definition) is 5. The van der Waals surface area contributed by atoms with Gasteiger partial charge in [-0.2, -0.15) is 0 Å². The molecule has 0 radical (unpaired) electrons. The van der Waals surface area contributed by atoms with Crippen LogP contribution in [0.2, 0.25) is 0 Å². The van der Waals surface area contributed by atoms with E-state index in [9.17, 15) is 5.11 Å². The average molecular weight is 333 g/mol. The minimum absolute atomic E-state index is 0.223. The Morgan fingerprint density at radius 1 is 1.42 bits per heavy atom. The molecule has 5 heteroatoms. The third-order valence-electron chi connectivity index (χ3n) is 4.02. The molecule has 1 aliphatic rings. The molecule has 1 saturated heterocycles. The molecule has 2 atom stereocenters. The van der Waals surface area contributed by atoms with Gasteiger partial charge in [0.25, 0.3) is 0 Å². The van der Waals surface area contributed by atoms with E-state index in [-0.39, 0.29) is 19.3 Å². The smallest absolute Gasteiger partial charge is 0.118 e. The van der Waals surface area contributed by atoms with Crippen molar-refractivity contribution in [3.63, 3.8) is 0 Å². The molecule has 1 aromatic carbocycles. The molecule has 2 unspecified atom stereocenters. The van der Waals surface area contributed by atoms with Gasteiger partial charge in [-0.1, -0.05) is 18.1 Å². The molecule has 0 saturated carbocycles. The van der Waals surface area contributed by atoms with Crippen LogP contribution in [0, 0.1) is 12.3 Å². The molecule has 1 aromatic rings. The molecule has 132 valence electrons. The summed E-state index contributed by atoms with van der Waals surface area (Å²) in [5.74, 6) is 3.25. The van der Waals surface area contributed by atoms with Gasteiger partial charge in [0.15, 0.2) is 0 Å². The molecule has 1 aliphatic heterocycles. The predicted molar refractivity (Wildman–Crippen MR) is 92.9 cm³/mol. The summed E-state index contributed by atoms with van der Waals surface area (Å²) in [5, 5.41) is 10.2. The molecule has 1 heterocycles. The predicted octanol–water partition coefficient (Wildman–Crippen LogP) is 1.69. The van der Waals surface area contributed by atoms with Gasteiger partial charge in [0.2, 0.25) is 0 Å². The number of rotatable bonds is 10. The Labute approximate surface area is 144 Å². The van der Waals surface area contributed by atoms with Crippen molar-refractivity contribution in [1.29, 1.82) is 0 Å². The van der Waals surface area contributed by atoms with E-state index in [2.05, 4.69) is 10.8 Å². The summed E-state index contributed by atoms with van der Waals surface area (Å²) < 4.78 is 16.2. The van der Waals surface area contributed by atoms with Gasteiger partial charge in [-0.3, -0.25) is 4.90 Å². The summed E-state index contributed by atoms with van der Waals surface area (Å²) in [6, 6.07) is 7.99. The maximum absolute atomic E-state index is 10.2. The van der Waals surface area contributed by atoms with Gasteiger partial charge in [0, 0.05) is 26.2 Å². The van der Waals surface area contributed by atoms with Gasteiger partial charge in [-0.05, 0) is 30.5 Å². The number of aliphatic hydroxyl groups excluding tert-OH is 1. The van der Waals surface area contributed by atoms with Crippen LogP contribution in [-0.4, -0.2) is 62.2 Å². The molecular formula is C19H27NO4. The van der Waals surface area contributed by atoms with Crippen molar-refractivity contribution in [3.8, 4) is 18.1 Å². The quantitative estimate of drug-likeness (QED) is 0.522. The average Bonchev–Trinajstić information content (AvgIpc) is 3.08. The Hall–Kier alpha value is -1.58. The fraction of sp³-hybridized carbons (Fsp3) is 0.579. The Morgan fingerprint density at radius 2 is 2.21 bits per heavy atom. The van der Waals surface area contributed by atoms with Gasteiger partial charge in [0.05, 0.1) is 25.9 Å². The molecule has 0 amide bonds. The number of ether oxygens (including phenoxy) is 3. The van der Waals surface area contributed by atoms with E-state index in [1.165, 1.54) is 5.56 Å². The lowest BCUT2D eigenvalue weighted by Gasteiger charge is -2.27. The molecule has 0 aromatic heterocycles. The van der Waals surface area contributed by atoms with Crippen LogP contribution >= 0.6 is 0 Å². The van der Waals surface area contributed by atoms with Crippen molar-refractivity contribution in [2.45, 2.75) is 31.6 Å². The summed E-state index contributed by atoms with van der Waals surface area (Å²) in [6.45, 7) is 3.37. The molecule has 5 nitrogen and oxygen atoms in total. The van der Waals surface area contributed by atoms with Crippen LogP contribution in [-0.2, 0) is 16.0 Å². The Kier molecular flexibility index (Phi) is 8.06. The molecule has 1 fully saturated rings. The molecule has 1 N–H and O–H groups in total. The van der Waals surface area contributed by atoms with Crippen LogP contribution in [0.1, 0.15) is 18.4 Å². The Morgan fingerprint density at radius 3 is 2.83 bits per heavy atom. The summed E-state index contributed by atoms with van der Waals surface area (Å²) >= 11 is 0. The van der Waals surface area contributed by atoms with Crippen LogP contribution in [0.3, 0.4) is 0 Å². The van der Waals surface area contributed by atoms with E-state index < -0.39 is 6.10 Å². The molecule has 0 bridgehead atoms. The normalized spacial score (nSPS) is 18.5. The number of benzene rings is 1. The second-order valence-electron chi connectivity index (χ2n) is 6.05. The zero-order chi connectivity index (χ0) is 17.2. The van der Waals surface area contributed by atoms with Crippen molar-refractivity contribution in [2.75, 3.05) is 40.0 Å². The highest BCUT2D eigenvalue weighted by atomic mass is 16.5. The minimum atomic E-state index is -0.571. The highest BCUT2D eigenvalue weighted by Crippen LogP contribution is 2.17. The molecular weight excluding hydrogens is 306 g/mol. The lowest BCUT2D eigenvalue weighted by Crippen LogP contribution is -2.39. The lowest BCUT2D eigenvalue weighted by atomic mass is 10.1. The van der Waals surface area contributed by atoms with Crippen LogP contribution in [0.25, 0.3) is 0 Å². The number of terminal acetylenes is 1.